The standard InChI is InChI=1S/C21H18N2O2/c22-21(25)17-13-7-8-14-18(17)23-19(15-9-3-1-4-10-15)20(24)16-11-5-2-6-12-16/h1-14,19,23H,(H2,22,25)/t19-/m0/s1. The summed E-state index contributed by atoms with van der Waals surface area (Å²) < 4.78 is 0. The van der Waals surface area contributed by atoms with Crippen LogP contribution in [0.4, 0.5) is 5.69 Å². The van der Waals surface area contributed by atoms with Crippen LogP contribution in [-0.4, -0.2) is 11.7 Å². The van der Waals surface area contributed by atoms with Gasteiger partial charge in [-0.25, -0.2) is 0 Å². The van der Waals surface area contributed by atoms with Crippen molar-refractivity contribution in [2.45, 2.75) is 6.04 Å². The molecule has 0 aromatic heterocycles. The smallest absolute Gasteiger partial charge is 0.250 e. The molecule has 124 valence electrons. The minimum atomic E-state index is -0.621. The van der Waals surface area contributed by atoms with E-state index < -0.39 is 11.9 Å². The van der Waals surface area contributed by atoms with Crippen LogP contribution in [0.1, 0.15) is 32.3 Å². The maximum absolute atomic E-state index is 13.1. The Bertz CT molecular complexity index is 877. The number of benzene rings is 3. The molecule has 1 amide bonds. The van der Waals surface area contributed by atoms with E-state index in [0.29, 0.717) is 16.8 Å². The SMILES string of the molecule is NC(=O)c1ccccc1N[C@H](C(=O)c1ccccc1)c1ccccc1. The first-order valence-electron chi connectivity index (χ1n) is 7.96. The zero-order chi connectivity index (χ0) is 17.6. The number of carbonyl (C=O) groups excluding carboxylic acids is 2. The van der Waals surface area contributed by atoms with Gasteiger partial charge in [-0.1, -0.05) is 72.8 Å². The summed E-state index contributed by atoms with van der Waals surface area (Å²) in [5.74, 6) is -0.617. The molecule has 1 atom stereocenters. The summed E-state index contributed by atoms with van der Waals surface area (Å²) in [7, 11) is 0. The molecule has 0 fully saturated rings. The van der Waals surface area contributed by atoms with Crippen LogP contribution in [0.15, 0.2) is 84.9 Å². The van der Waals surface area contributed by atoms with E-state index in [1.54, 1.807) is 36.4 Å². The monoisotopic (exact) mass is 330 g/mol. The molecule has 3 aromatic rings. The van der Waals surface area contributed by atoms with Gasteiger partial charge in [0.2, 0.25) is 0 Å². The number of ketones is 1. The number of para-hydroxylation sites is 1. The second kappa shape index (κ2) is 7.45. The van der Waals surface area contributed by atoms with Gasteiger partial charge in [-0.2, -0.15) is 0 Å². The maximum Gasteiger partial charge on any atom is 0.250 e. The molecular weight excluding hydrogens is 312 g/mol. The van der Waals surface area contributed by atoms with E-state index in [1.807, 2.05) is 48.5 Å². The molecule has 25 heavy (non-hydrogen) atoms. The van der Waals surface area contributed by atoms with Gasteiger partial charge in [0.05, 0.1) is 5.56 Å². The number of primary amides is 1. The lowest BCUT2D eigenvalue weighted by atomic mass is 9.96. The molecule has 4 heteroatoms. The summed E-state index contributed by atoms with van der Waals surface area (Å²) in [6.07, 6.45) is 0. The third kappa shape index (κ3) is 3.75. The van der Waals surface area contributed by atoms with E-state index >= 15 is 0 Å². The lowest BCUT2D eigenvalue weighted by Gasteiger charge is -2.21. The van der Waals surface area contributed by atoms with E-state index in [4.69, 9.17) is 5.73 Å². The molecule has 0 aliphatic carbocycles. The number of hydrogen-bond acceptors (Lipinski definition) is 3. The normalized spacial score (nSPS) is 11.5. The first kappa shape index (κ1) is 16.5. The molecule has 3 N–H and O–H groups in total. The number of amides is 1. The third-order valence-electron chi connectivity index (χ3n) is 3.95. The van der Waals surface area contributed by atoms with Crippen LogP contribution in [0.5, 0.6) is 0 Å². The fraction of sp³-hybridized carbons (Fsp3) is 0.0476. The van der Waals surface area contributed by atoms with Crippen molar-refractivity contribution in [3.8, 4) is 0 Å². The number of Topliss-reactive ketones (excluding diaryl/α,β-unsaturated/α-hetero) is 1. The van der Waals surface area contributed by atoms with E-state index in [1.165, 1.54) is 0 Å². The Morgan fingerprint density at radius 1 is 0.760 bits per heavy atom. The average Bonchev–Trinajstić information content (AvgIpc) is 2.67. The molecule has 0 aliphatic rings. The summed E-state index contributed by atoms with van der Waals surface area (Å²) in [5.41, 5.74) is 7.75. The molecule has 0 radical (unpaired) electrons. The molecule has 0 unspecified atom stereocenters. The van der Waals surface area contributed by atoms with Gasteiger partial charge in [0, 0.05) is 11.3 Å². The van der Waals surface area contributed by atoms with Crippen molar-refractivity contribution in [3.05, 3.63) is 102 Å². The van der Waals surface area contributed by atoms with Crippen molar-refractivity contribution in [2.75, 3.05) is 5.32 Å². The van der Waals surface area contributed by atoms with Gasteiger partial charge in [0.25, 0.3) is 5.91 Å². The van der Waals surface area contributed by atoms with E-state index in [0.717, 1.165) is 5.56 Å². The predicted molar refractivity (Wildman–Crippen MR) is 98.5 cm³/mol. The van der Waals surface area contributed by atoms with E-state index in [-0.39, 0.29) is 5.78 Å². The Morgan fingerprint density at radius 3 is 1.96 bits per heavy atom. The van der Waals surface area contributed by atoms with Crippen LogP contribution in [0.2, 0.25) is 0 Å². The highest BCUT2D eigenvalue weighted by Gasteiger charge is 2.23. The summed E-state index contributed by atoms with van der Waals surface area (Å²) in [5, 5.41) is 3.19. The molecule has 0 saturated carbocycles. The van der Waals surface area contributed by atoms with Gasteiger partial charge in [-0.3, -0.25) is 9.59 Å². The summed E-state index contributed by atoms with van der Waals surface area (Å²) in [4.78, 5) is 24.7. The molecule has 0 heterocycles. The van der Waals surface area contributed by atoms with Gasteiger partial charge in [-0.15, -0.1) is 0 Å². The predicted octanol–water partition coefficient (Wildman–Crippen LogP) is 3.82. The number of nitrogens with one attached hydrogen (secondary N) is 1. The fourth-order valence-corrected chi connectivity index (χ4v) is 2.69. The Balaban J connectivity index is 2.01. The summed E-state index contributed by atoms with van der Waals surface area (Å²) in [6, 6.07) is 24.8. The fourth-order valence-electron chi connectivity index (χ4n) is 2.69. The molecule has 3 aromatic carbocycles. The van der Waals surface area contributed by atoms with E-state index in [9.17, 15) is 9.59 Å². The number of carbonyl (C=O) groups is 2. The average molecular weight is 330 g/mol. The highest BCUT2D eigenvalue weighted by atomic mass is 16.1. The molecule has 0 aliphatic heterocycles. The molecule has 3 rings (SSSR count). The Hall–Kier alpha value is -3.40. The topological polar surface area (TPSA) is 72.2 Å². The molecule has 0 bridgehead atoms. The van der Waals surface area contributed by atoms with Gasteiger partial charge < -0.3 is 11.1 Å². The van der Waals surface area contributed by atoms with Gasteiger partial charge in [0.15, 0.2) is 5.78 Å². The summed E-state index contributed by atoms with van der Waals surface area (Å²) in [6.45, 7) is 0. The molecule has 0 spiro atoms. The van der Waals surface area contributed by atoms with Crippen LogP contribution < -0.4 is 11.1 Å². The van der Waals surface area contributed by atoms with Crippen LogP contribution in [0.3, 0.4) is 0 Å². The largest absolute Gasteiger partial charge is 0.371 e. The molecule has 4 nitrogen and oxygen atoms in total. The lowest BCUT2D eigenvalue weighted by Crippen LogP contribution is -2.23. The van der Waals surface area contributed by atoms with E-state index in [2.05, 4.69) is 5.32 Å². The van der Waals surface area contributed by atoms with Gasteiger partial charge in [0.1, 0.15) is 6.04 Å². The van der Waals surface area contributed by atoms with Crippen molar-refractivity contribution < 1.29 is 9.59 Å². The number of rotatable bonds is 6. The zero-order valence-electron chi connectivity index (χ0n) is 13.6. The van der Waals surface area contributed by atoms with Crippen LogP contribution >= 0.6 is 0 Å². The van der Waals surface area contributed by atoms with Crippen molar-refractivity contribution >= 4 is 17.4 Å². The Labute approximate surface area is 146 Å². The van der Waals surface area contributed by atoms with Crippen molar-refractivity contribution in [1.82, 2.24) is 0 Å². The summed E-state index contributed by atoms with van der Waals surface area (Å²) >= 11 is 0. The molecule has 0 saturated heterocycles. The Kier molecular flexibility index (Phi) is 4.90. The lowest BCUT2D eigenvalue weighted by molar-refractivity contribution is 0.0965. The maximum atomic E-state index is 13.1. The zero-order valence-corrected chi connectivity index (χ0v) is 13.6. The van der Waals surface area contributed by atoms with Crippen LogP contribution in [0.25, 0.3) is 0 Å². The quantitative estimate of drug-likeness (QED) is 0.675. The van der Waals surface area contributed by atoms with Gasteiger partial charge in [-0.05, 0) is 17.7 Å². The van der Waals surface area contributed by atoms with Crippen LogP contribution in [0, 0.1) is 0 Å². The Morgan fingerprint density at radius 2 is 1.32 bits per heavy atom. The first-order valence-corrected chi connectivity index (χ1v) is 7.96. The molecular formula is C21H18N2O2. The van der Waals surface area contributed by atoms with Crippen LogP contribution in [-0.2, 0) is 0 Å². The number of hydrogen-bond donors (Lipinski definition) is 2. The first-order chi connectivity index (χ1) is 12.2. The highest BCUT2D eigenvalue weighted by Crippen LogP contribution is 2.25. The number of anilines is 1. The van der Waals surface area contributed by atoms with Crippen molar-refractivity contribution in [3.63, 3.8) is 0 Å². The highest BCUT2D eigenvalue weighted by molar-refractivity contribution is 6.04. The minimum Gasteiger partial charge on any atom is -0.371 e. The van der Waals surface area contributed by atoms with Gasteiger partial charge >= 0.3 is 0 Å². The third-order valence-corrected chi connectivity index (χ3v) is 3.95. The number of nitrogens with two attached hydrogens (primary N) is 1. The second-order valence-corrected chi connectivity index (χ2v) is 5.63. The van der Waals surface area contributed by atoms with Crippen molar-refractivity contribution in [2.24, 2.45) is 5.73 Å². The second-order valence-electron chi connectivity index (χ2n) is 5.63. The van der Waals surface area contributed by atoms with Crippen molar-refractivity contribution in [1.29, 1.82) is 0 Å². The minimum absolute atomic E-state index is 0.0777.